The maximum atomic E-state index is 5.05. The SMILES string of the molecule is CCCCCCCCCCCCCCCC=NN. The predicted molar refractivity (Wildman–Crippen MR) is 83.0 cm³/mol. The molecule has 2 nitrogen and oxygen atoms in total. The Labute approximate surface area is 114 Å². The third kappa shape index (κ3) is 15.5. The van der Waals surface area contributed by atoms with Gasteiger partial charge < -0.3 is 5.84 Å². The molecule has 0 aromatic heterocycles. The highest BCUT2D eigenvalue weighted by Gasteiger charge is 1.93. The molecule has 2 N–H and O–H groups in total. The molecule has 0 amide bonds. The molecular weight excluding hydrogens is 220 g/mol. The smallest absolute Gasteiger partial charge is 0.0240 e. The molecule has 0 bridgehead atoms. The van der Waals surface area contributed by atoms with Gasteiger partial charge in [0, 0.05) is 6.21 Å². The first kappa shape index (κ1) is 17.5. The van der Waals surface area contributed by atoms with E-state index in [2.05, 4.69) is 12.0 Å². The standard InChI is InChI=1S/C16H34N2/c1-2-3-4-5-6-7-8-9-10-11-12-13-14-15-16-18-17/h16H,2-15,17H2,1H3. The molecule has 108 valence electrons. The van der Waals surface area contributed by atoms with Gasteiger partial charge in [-0.2, -0.15) is 5.10 Å². The minimum absolute atomic E-state index is 1.05. The van der Waals surface area contributed by atoms with Crippen molar-refractivity contribution in [3.05, 3.63) is 0 Å². The van der Waals surface area contributed by atoms with Gasteiger partial charge in [-0.25, -0.2) is 0 Å². The fourth-order valence-corrected chi connectivity index (χ4v) is 2.33. The third-order valence-corrected chi connectivity index (χ3v) is 3.54. The summed E-state index contributed by atoms with van der Waals surface area (Å²) in [5.41, 5.74) is 0. The lowest BCUT2D eigenvalue weighted by Gasteiger charge is -2.02. The minimum Gasteiger partial charge on any atom is -0.324 e. The molecule has 0 saturated heterocycles. The van der Waals surface area contributed by atoms with E-state index < -0.39 is 0 Å². The number of nitrogens with zero attached hydrogens (tertiary/aromatic N) is 1. The van der Waals surface area contributed by atoms with Gasteiger partial charge in [-0.15, -0.1) is 0 Å². The first-order valence-electron chi connectivity index (χ1n) is 8.13. The van der Waals surface area contributed by atoms with Crippen LogP contribution in [-0.4, -0.2) is 6.21 Å². The number of nitrogens with two attached hydrogens (primary N) is 1. The molecule has 0 aromatic rings. The summed E-state index contributed by atoms with van der Waals surface area (Å²) < 4.78 is 0. The van der Waals surface area contributed by atoms with Crippen molar-refractivity contribution in [2.75, 3.05) is 0 Å². The van der Waals surface area contributed by atoms with Crippen LogP contribution in [0.4, 0.5) is 0 Å². The van der Waals surface area contributed by atoms with Crippen LogP contribution in [0.25, 0.3) is 0 Å². The number of hydrazone groups is 1. The predicted octanol–water partition coefficient (Wildman–Crippen LogP) is 5.41. The third-order valence-electron chi connectivity index (χ3n) is 3.54. The summed E-state index contributed by atoms with van der Waals surface area (Å²) in [6.45, 7) is 2.28. The zero-order chi connectivity index (χ0) is 13.3. The number of hydrogen-bond acceptors (Lipinski definition) is 2. The fraction of sp³-hybridized carbons (Fsp3) is 0.938. The van der Waals surface area contributed by atoms with Gasteiger partial charge in [-0.3, -0.25) is 0 Å². The van der Waals surface area contributed by atoms with E-state index in [4.69, 9.17) is 5.84 Å². The summed E-state index contributed by atoms with van der Waals surface area (Å²) in [6.07, 6.45) is 21.2. The highest BCUT2D eigenvalue weighted by molar-refractivity contribution is 5.56. The van der Waals surface area contributed by atoms with Crippen LogP contribution in [0.2, 0.25) is 0 Å². The average molecular weight is 254 g/mol. The van der Waals surface area contributed by atoms with Crippen LogP contribution >= 0.6 is 0 Å². The van der Waals surface area contributed by atoms with E-state index in [-0.39, 0.29) is 0 Å². The van der Waals surface area contributed by atoms with E-state index in [9.17, 15) is 0 Å². The van der Waals surface area contributed by atoms with Gasteiger partial charge in [0.25, 0.3) is 0 Å². The summed E-state index contributed by atoms with van der Waals surface area (Å²) in [6, 6.07) is 0. The second kappa shape index (κ2) is 16.5. The highest BCUT2D eigenvalue weighted by Crippen LogP contribution is 2.12. The molecule has 0 spiro atoms. The zero-order valence-corrected chi connectivity index (χ0v) is 12.5. The van der Waals surface area contributed by atoms with Crippen LogP contribution in [0.15, 0.2) is 5.10 Å². The summed E-state index contributed by atoms with van der Waals surface area (Å²) in [5, 5.41) is 3.50. The fourth-order valence-electron chi connectivity index (χ4n) is 2.33. The lowest BCUT2D eigenvalue weighted by atomic mass is 10.0. The van der Waals surface area contributed by atoms with E-state index in [1.807, 2.05) is 6.21 Å². The molecule has 0 aromatic carbocycles. The summed E-state index contributed by atoms with van der Waals surface area (Å²) >= 11 is 0. The van der Waals surface area contributed by atoms with Crippen LogP contribution in [0.1, 0.15) is 96.8 Å². The molecule has 0 fully saturated rings. The first-order chi connectivity index (χ1) is 8.91. The van der Waals surface area contributed by atoms with Crippen LogP contribution in [0, 0.1) is 0 Å². The van der Waals surface area contributed by atoms with Crippen LogP contribution < -0.4 is 5.84 Å². The largest absolute Gasteiger partial charge is 0.324 e. The molecule has 0 heterocycles. The maximum absolute atomic E-state index is 5.05. The van der Waals surface area contributed by atoms with Crippen molar-refractivity contribution in [2.45, 2.75) is 96.8 Å². The molecule has 0 aliphatic heterocycles. The molecule has 0 aliphatic rings. The lowest BCUT2D eigenvalue weighted by molar-refractivity contribution is 0.541. The Morgan fingerprint density at radius 3 is 1.44 bits per heavy atom. The first-order valence-corrected chi connectivity index (χ1v) is 8.13. The second-order valence-corrected chi connectivity index (χ2v) is 5.36. The van der Waals surface area contributed by atoms with Crippen LogP contribution in [0.5, 0.6) is 0 Å². The van der Waals surface area contributed by atoms with E-state index in [1.54, 1.807) is 0 Å². The Hall–Kier alpha value is -0.530. The highest BCUT2D eigenvalue weighted by atomic mass is 15.1. The number of hydrogen-bond donors (Lipinski definition) is 1. The molecule has 0 rings (SSSR count). The number of rotatable bonds is 14. The Morgan fingerprint density at radius 1 is 0.667 bits per heavy atom. The maximum Gasteiger partial charge on any atom is 0.0240 e. The Kier molecular flexibility index (Phi) is 16.0. The average Bonchev–Trinajstić information content (AvgIpc) is 2.39. The van der Waals surface area contributed by atoms with Gasteiger partial charge in [0.05, 0.1) is 0 Å². The molecule has 0 unspecified atom stereocenters. The monoisotopic (exact) mass is 254 g/mol. The van der Waals surface area contributed by atoms with Gasteiger partial charge in [0.15, 0.2) is 0 Å². The lowest BCUT2D eigenvalue weighted by Crippen LogP contribution is -1.85. The Morgan fingerprint density at radius 2 is 1.06 bits per heavy atom. The van der Waals surface area contributed by atoms with Gasteiger partial charge in [-0.05, 0) is 12.8 Å². The molecule has 0 radical (unpaired) electrons. The number of unbranched alkanes of at least 4 members (excludes halogenated alkanes) is 13. The molecule has 0 saturated carbocycles. The normalized spacial score (nSPS) is 11.4. The summed E-state index contributed by atoms with van der Waals surface area (Å²) in [7, 11) is 0. The van der Waals surface area contributed by atoms with Crippen molar-refractivity contribution in [1.29, 1.82) is 0 Å². The topological polar surface area (TPSA) is 38.4 Å². The van der Waals surface area contributed by atoms with Crippen molar-refractivity contribution in [2.24, 2.45) is 10.9 Å². The second-order valence-electron chi connectivity index (χ2n) is 5.36. The van der Waals surface area contributed by atoms with Crippen molar-refractivity contribution < 1.29 is 0 Å². The molecule has 18 heavy (non-hydrogen) atoms. The molecule has 0 aliphatic carbocycles. The van der Waals surface area contributed by atoms with Gasteiger partial charge in [0.1, 0.15) is 0 Å². The Balaban J connectivity index is 2.90. The van der Waals surface area contributed by atoms with Crippen molar-refractivity contribution in [3.63, 3.8) is 0 Å². The van der Waals surface area contributed by atoms with E-state index in [0.29, 0.717) is 0 Å². The Bertz CT molecular complexity index is 166. The van der Waals surface area contributed by atoms with E-state index in [0.717, 1.165) is 6.42 Å². The van der Waals surface area contributed by atoms with E-state index >= 15 is 0 Å². The molecule has 2 heteroatoms. The molecular formula is C16H34N2. The summed E-state index contributed by atoms with van der Waals surface area (Å²) in [5.74, 6) is 5.05. The minimum atomic E-state index is 1.05. The van der Waals surface area contributed by atoms with E-state index in [1.165, 1.54) is 83.5 Å². The van der Waals surface area contributed by atoms with Gasteiger partial charge >= 0.3 is 0 Å². The quantitative estimate of drug-likeness (QED) is 0.191. The van der Waals surface area contributed by atoms with Gasteiger partial charge in [0.2, 0.25) is 0 Å². The zero-order valence-electron chi connectivity index (χ0n) is 12.5. The van der Waals surface area contributed by atoms with Crippen molar-refractivity contribution >= 4 is 6.21 Å². The van der Waals surface area contributed by atoms with Crippen LogP contribution in [-0.2, 0) is 0 Å². The van der Waals surface area contributed by atoms with Crippen molar-refractivity contribution in [1.82, 2.24) is 0 Å². The van der Waals surface area contributed by atoms with Crippen LogP contribution in [0.3, 0.4) is 0 Å². The van der Waals surface area contributed by atoms with Crippen molar-refractivity contribution in [3.8, 4) is 0 Å². The molecule has 0 atom stereocenters. The van der Waals surface area contributed by atoms with Gasteiger partial charge in [-0.1, -0.05) is 84.0 Å². The summed E-state index contributed by atoms with van der Waals surface area (Å²) in [4.78, 5) is 0.